The van der Waals surface area contributed by atoms with Gasteiger partial charge in [0, 0.05) is 13.1 Å². The van der Waals surface area contributed by atoms with Crippen molar-refractivity contribution in [1.29, 1.82) is 0 Å². The Morgan fingerprint density at radius 3 is 2.56 bits per heavy atom. The van der Waals surface area contributed by atoms with Gasteiger partial charge in [-0.15, -0.1) is 0 Å². The summed E-state index contributed by atoms with van der Waals surface area (Å²) in [4.78, 5) is 28.3. The fraction of sp³-hybridized carbons (Fsp3) is 0.750. The smallest absolute Gasteiger partial charge is 0.275 e. The van der Waals surface area contributed by atoms with E-state index in [-0.39, 0.29) is 17.4 Å². The van der Waals surface area contributed by atoms with Crippen LogP contribution in [-0.4, -0.2) is 19.9 Å². The number of hydrogen-bond donors (Lipinski definition) is 0. The predicted molar refractivity (Wildman–Crippen MR) is 72.3 cm³/mol. The van der Waals surface area contributed by atoms with Gasteiger partial charge in [-0.2, -0.15) is 4.98 Å². The summed E-state index contributed by atoms with van der Waals surface area (Å²) >= 11 is 1.42. The van der Waals surface area contributed by atoms with Gasteiger partial charge in [0.25, 0.3) is 0 Å². The third kappa shape index (κ3) is 2.53. The number of rotatable bonds is 3. The van der Waals surface area contributed by atoms with Gasteiger partial charge in [0.2, 0.25) is 0 Å². The molecule has 1 aliphatic rings. The Bertz CT molecular complexity index is 529. The number of hydrogen-bond acceptors (Lipinski definition) is 4. The molecule has 2 rings (SSSR count). The lowest BCUT2D eigenvalue weighted by Crippen LogP contribution is -2.44. The predicted octanol–water partition coefficient (Wildman–Crippen LogP) is 1.56. The van der Waals surface area contributed by atoms with Gasteiger partial charge in [-0.05, 0) is 18.6 Å². The number of aromatic nitrogens is 3. The van der Waals surface area contributed by atoms with Crippen LogP contribution in [0.5, 0.6) is 0 Å². The van der Waals surface area contributed by atoms with Gasteiger partial charge < -0.3 is 0 Å². The maximum Gasteiger partial charge on any atom is 0.354 e. The molecule has 0 radical (unpaired) electrons. The SMILES string of the molecule is CCSc1nc(=O)n(C2CCCCC2)c(=O)n1C. The first-order chi connectivity index (χ1) is 8.65. The summed E-state index contributed by atoms with van der Waals surface area (Å²) in [7, 11) is 1.69. The zero-order valence-electron chi connectivity index (χ0n) is 10.9. The monoisotopic (exact) mass is 269 g/mol. The average Bonchev–Trinajstić information content (AvgIpc) is 2.37. The molecule has 1 aromatic heterocycles. The Kier molecular flexibility index (Phi) is 4.27. The molecule has 5 nitrogen and oxygen atoms in total. The van der Waals surface area contributed by atoms with Gasteiger partial charge in [-0.3, -0.25) is 4.57 Å². The molecule has 1 saturated carbocycles. The second-order valence-corrected chi connectivity index (χ2v) is 5.84. The van der Waals surface area contributed by atoms with E-state index < -0.39 is 0 Å². The van der Waals surface area contributed by atoms with Crippen molar-refractivity contribution in [3.05, 3.63) is 21.0 Å². The molecule has 100 valence electrons. The molecular formula is C12H19N3O2S. The van der Waals surface area contributed by atoms with Crippen LogP contribution in [0.2, 0.25) is 0 Å². The molecule has 6 heteroatoms. The summed E-state index contributed by atoms with van der Waals surface area (Å²) < 4.78 is 2.84. The molecule has 0 spiro atoms. The van der Waals surface area contributed by atoms with E-state index in [4.69, 9.17) is 0 Å². The van der Waals surface area contributed by atoms with Crippen LogP contribution < -0.4 is 11.4 Å². The Balaban J connectivity index is 2.45. The minimum Gasteiger partial charge on any atom is -0.275 e. The van der Waals surface area contributed by atoms with E-state index >= 15 is 0 Å². The second kappa shape index (κ2) is 5.73. The standard InChI is InChI=1S/C12H19N3O2S/c1-3-18-11-13-10(16)15(12(17)14(11)2)9-7-5-4-6-8-9/h9H,3-8H2,1-2H3. The molecule has 1 aliphatic carbocycles. The van der Waals surface area contributed by atoms with Gasteiger partial charge in [0.05, 0.1) is 0 Å². The van der Waals surface area contributed by atoms with Crippen LogP contribution in [0.15, 0.2) is 14.7 Å². The third-order valence-electron chi connectivity index (χ3n) is 3.39. The lowest BCUT2D eigenvalue weighted by molar-refractivity contribution is 0.321. The fourth-order valence-electron chi connectivity index (χ4n) is 2.45. The van der Waals surface area contributed by atoms with E-state index in [1.807, 2.05) is 6.92 Å². The van der Waals surface area contributed by atoms with Crippen molar-refractivity contribution in [3.63, 3.8) is 0 Å². The highest BCUT2D eigenvalue weighted by molar-refractivity contribution is 7.99. The van der Waals surface area contributed by atoms with Crippen LogP contribution in [0.1, 0.15) is 45.1 Å². The van der Waals surface area contributed by atoms with E-state index in [2.05, 4.69) is 4.98 Å². The number of thioether (sulfide) groups is 1. The van der Waals surface area contributed by atoms with Crippen LogP contribution in [-0.2, 0) is 7.05 Å². The highest BCUT2D eigenvalue weighted by Gasteiger charge is 2.21. The van der Waals surface area contributed by atoms with Crippen molar-refractivity contribution in [1.82, 2.24) is 14.1 Å². The molecule has 0 saturated heterocycles. The molecule has 0 bridgehead atoms. The van der Waals surface area contributed by atoms with Crippen molar-refractivity contribution in [2.45, 2.75) is 50.2 Å². The normalized spacial score (nSPS) is 17.0. The topological polar surface area (TPSA) is 56.9 Å². The molecule has 0 aliphatic heterocycles. The molecule has 1 fully saturated rings. The first-order valence-electron chi connectivity index (χ1n) is 6.47. The largest absolute Gasteiger partial charge is 0.354 e. The molecular weight excluding hydrogens is 250 g/mol. The van der Waals surface area contributed by atoms with Crippen molar-refractivity contribution in [3.8, 4) is 0 Å². The summed E-state index contributed by atoms with van der Waals surface area (Å²) in [5, 5.41) is 0.513. The summed E-state index contributed by atoms with van der Waals surface area (Å²) in [6, 6.07) is 0.0399. The zero-order chi connectivity index (χ0) is 13.1. The molecule has 1 heterocycles. The van der Waals surface area contributed by atoms with Crippen LogP contribution in [0.3, 0.4) is 0 Å². The first kappa shape index (κ1) is 13.4. The molecule has 0 N–H and O–H groups in total. The van der Waals surface area contributed by atoms with Crippen molar-refractivity contribution >= 4 is 11.8 Å². The summed E-state index contributed by atoms with van der Waals surface area (Å²) in [5.74, 6) is 0.799. The van der Waals surface area contributed by atoms with Crippen LogP contribution in [0, 0.1) is 0 Å². The summed E-state index contributed by atoms with van der Waals surface area (Å²) in [5.41, 5.74) is -0.612. The quantitative estimate of drug-likeness (QED) is 0.781. The molecule has 1 aromatic rings. The lowest BCUT2D eigenvalue weighted by Gasteiger charge is -2.23. The van der Waals surface area contributed by atoms with Gasteiger partial charge >= 0.3 is 11.4 Å². The van der Waals surface area contributed by atoms with Crippen molar-refractivity contribution in [2.75, 3.05) is 5.75 Å². The lowest BCUT2D eigenvalue weighted by atomic mass is 9.95. The van der Waals surface area contributed by atoms with Crippen LogP contribution >= 0.6 is 11.8 Å². The minimum absolute atomic E-state index is 0.0399. The fourth-order valence-corrected chi connectivity index (χ4v) is 3.12. The molecule has 0 atom stereocenters. The van der Waals surface area contributed by atoms with Gasteiger partial charge in [0.1, 0.15) is 0 Å². The highest BCUT2D eigenvalue weighted by Crippen LogP contribution is 2.25. The average molecular weight is 269 g/mol. The first-order valence-corrected chi connectivity index (χ1v) is 7.46. The minimum atomic E-state index is -0.388. The van der Waals surface area contributed by atoms with E-state index in [9.17, 15) is 9.59 Å². The van der Waals surface area contributed by atoms with E-state index in [0.29, 0.717) is 5.16 Å². The van der Waals surface area contributed by atoms with Crippen LogP contribution in [0.4, 0.5) is 0 Å². The maximum atomic E-state index is 12.3. The Morgan fingerprint density at radius 2 is 1.94 bits per heavy atom. The van der Waals surface area contributed by atoms with Gasteiger partial charge in [-0.25, -0.2) is 14.2 Å². The highest BCUT2D eigenvalue weighted by atomic mass is 32.2. The van der Waals surface area contributed by atoms with Crippen LogP contribution in [0.25, 0.3) is 0 Å². The maximum absolute atomic E-state index is 12.3. The number of nitrogens with zero attached hydrogens (tertiary/aromatic N) is 3. The molecule has 0 amide bonds. The third-order valence-corrected chi connectivity index (χ3v) is 4.30. The molecule has 18 heavy (non-hydrogen) atoms. The van der Waals surface area contributed by atoms with Crippen molar-refractivity contribution in [2.24, 2.45) is 7.05 Å². The zero-order valence-corrected chi connectivity index (χ0v) is 11.7. The Labute approximate surface area is 110 Å². The summed E-state index contributed by atoms with van der Waals surface area (Å²) in [6.45, 7) is 1.98. The molecule has 0 aromatic carbocycles. The second-order valence-electron chi connectivity index (χ2n) is 4.61. The molecule has 0 unspecified atom stereocenters. The van der Waals surface area contributed by atoms with Crippen molar-refractivity contribution < 1.29 is 0 Å². The van der Waals surface area contributed by atoms with E-state index in [1.165, 1.54) is 27.3 Å². The van der Waals surface area contributed by atoms with E-state index in [1.54, 1.807) is 7.05 Å². The Hall–Kier alpha value is -1.04. The Morgan fingerprint density at radius 1 is 1.28 bits per heavy atom. The van der Waals surface area contributed by atoms with E-state index in [0.717, 1.165) is 31.4 Å². The van der Waals surface area contributed by atoms with Gasteiger partial charge in [0.15, 0.2) is 5.16 Å². The van der Waals surface area contributed by atoms with Gasteiger partial charge in [-0.1, -0.05) is 37.9 Å². The summed E-state index contributed by atoms with van der Waals surface area (Å²) in [6.07, 6.45) is 5.20.